The molecule has 2 aliphatic rings. The number of ketones is 1. The van der Waals surface area contributed by atoms with Crippen LogP contribution in [0.3, 0.4) is 0 Å². The molecule has 31 heavy (non-hydrogen) atoms. The summed E-state index contributed by atoms with van der Waals surface area (Å²) >= 11 is 0. The van der Waals surface area contributed by atoms with E-state index in [0.29, 0.717) is 38.5 Å². The Morgan fingerprint density at radius 3 is 3.00 bits per heavy atom. The van der Waals surface area contributed by atoms with Crippen LogP contribution in [0.15, 0.2) is 35.4 Å². The van der Waals surface area contributed by atoms with Crippen LogP contribution in [0.4, 0.5) is 0 Å². The summed E-state index contributed by atoms with van der Waals surface area (Å²) in [5.74, 6) is -2.28. The van der Waals surface area contributed by atoms with E-state index >= 15 is 0 Å². The van der Waals surface area contributed by atoms with Gasteiger partial charge in [0.2, 0.25) is 17.6 Å². The largest absolute Gasteiger partial charge is 0.463 e. The number of aromatic nitrogens is 2. The van der Waals surface area contributed by atoms with Gasteiger partial charge in [-0.2, -0.15) is 0 Å². The molecule has 0 bridgehead atoms. The van der Waals surface area contributed by atoms with Gasteiger partial charge in [-0.25, -0.2) is 4.98 Å². The Morgan fingerprint density at radius 2 is 2.23 bits per heavy atom. The Morgan fingerprint density at radius 1 is 1.42 bits per heavy atom. The lowest BCUT2D eigenvalue weighted by Gasteiger charge is -2.24. The number of carbonyl (C=O) groups is 2. The summed E-state index contributed by atoms with van der Waals surface area (Å²) in [6, 6.07) is 3.70. The van der Waals surface area contributed by atoms with E-state index in [4.69, 9.17) is 14.2 Å². The first-order chi connectivity index (χ1) is 15.0. The molecule has 2 fully saturated rings. The number of morpholine rings is 1. The topological polar surface area (TPSA) is 109 Å². The lowest BCUT2D eigenvalue weighted by Crippen LogP contribution is -2.36. The van der Waals surface area contributed by atoms with Gasteiger partial charge in [-0.3, -0.25) is 14.6 Å². The molecule has 4 rings (SSSR count). The number of esters is 1. The lowest BCUT2D eigenvalue weighted by atomic mass is 10.0. The van der Waals surface area contributed by atoms with Gasteiger partial charge in [0.05, 0.1) is 26.3 Å². The van der Waals surface area contributed by atoms with Crippen molar-refractivity contribution in [2.45, 2.75) is 0 Å². The summed E-state index contributed by atoms with van der Waals surface area (Å²) in [5.41, 5.74) is 1.43. The van der Waals surface area contributed by atoms with Gasteiger partial charge in [0.15, 0.2) is 5.76 Å². The summed E-state index contributed by atoms with van der Waals surface area (Å²) < 4.78 is 16.5. The first kappa shape index (κ1) is 21.0. The average Bonchev–Trinajstić information content (AvgIpc) is 3.30. The predicted octanol–water partition coefficient (Wildman–Crippen LogP) is 0.870. The maximum absolute atomic E-state index is 13.1. The van der Waals surface area contributed by atoms with E-state index in [1.807, 2.05) is 31.1 Å². The number of likely N-dealkylation sites (N-methyl/N-ethyl adjacent to an activating group) is 1. The number of hydrazone groups is 1. The summed E-state index contributed by atoms with van der Waals surface area (Å²) in [6.07, 6.45) is 5.02. The fourth-order valence-corrected chi connectivity index (χ4v) is 3.31. The van der Waals surface area contributed by atoms with Gasteiger partial charge in [0.25, 0.3) is 0 Å². The van der Waals surface area contributed by atoms with Crippen molar-refractivity contribution >= 4 is 34.8 Å². The second-order valence-electron chi connectivity index (χ2n) is 7.53. The quantitative estimate of drug-likeness (QED) is 0.411. The number of fused-ring (bicyclic) bond motifs is 1. The van der Waals surface area contributed by atoms with Gasteiger partial charge in [0.1, 0.15) is 12.3 Å². The number of aromatic amines is 1. The maximum atomic E-state index is 13.1. The molecule has 2 saturated heterocycles. The molecule has 4 heterocycles. The smallest absolute Gasteiger partial charge is 0.326 e. The number of Topliss-reactive ketones (excluding diaryl/α,β-unsaturated/α-hetero) is 1. The van der Waals surface area contributed by atoms with Crippen LogP contribution in [0.1, 0.15) is 5.56 Å². The number of allylic oxidation sites excluding steroid dienone is 1. The zero-order valence-electron chi connectivity index (χ0n) is 17.5. The minimum atomic E-state index is -1.22. The second-order valence-corrected chi connectivity index (χ2v) is 7.53. The van der Waals surface area contributed by atoms with Crippen molar-refractivity contribution in [3.05, 3.63) is 35.8 Å². The Balaban J connectivity index is 1.61. The molecule has 10 nitrogen and oxygen atoms in total. The predicted molar refractivity (Wildman–Crippen MR) is 113 cm³/mol. The van der Waals surface area contributed by atoms with Gasteiger partial charge >= 0.3 is 5.97 Å². The Kier molecular flexibility index (Phi) is 6.28. The second kappa shape index (κ2) is 9.27. The highest BCUT2D eigenvalue weighted by atomic mass is 16.5. The zero-order chi connectivity index (χ0) is 21.8. The minimum absolute atomic E-state index is 0.0333. The number of nitrogens with one attached hydrogen (secondary N) is 1. The molecule has 0 aliphatic carbocycles. The van der Waals surface area contributed by atoms with E-state index < -0.39 is 17.7 Å². The highest BCUT2D eigenvalue weighted by Gasteiger charge is 2.45. The van der Waals surface area contributed by atoms with Crippen molar-refractivity contribution in [1.82, 2.24) is 19.9 Å². The third-order valence-electron chi connectivity index (χ3n) is 4.98. The molecule has 0 saturated carbocycles. The molecule has 2 aromatic heterocycles. The molecule has 0 aromatic carbocycles. The number of rotatable bonds is 6. The number of H-pyrrole nitrogens is 1. The first-order valence-electron chi connectivity index (χ1n) is 10.1. The summed E-state index contributed by atoms with van der Waals surface area (Å²) in [6.45, 7) is 2.87. The molecule has 0 radical (unpaired) electrons. The molecule has 2 aliphatic heterocycles. The first-order valence-corrected chi connectivity index (χ1v) is 10.1. The third-order valence-corrected chi connectivity index (χ3v) is 4.98. The van der Waals surface area contributed by atoms with Crippen LogP contribution in [0.5, 0.6) is 0 Å². The summed E-state index contributed by atoms with van der Waals surface area (Å²) in [4.78, 5) is 35.0. The van der Waals surface area contributed by atoms with Crippen LogP contribution >= 0.6 is 0 Å². The lowest BCUT2D eigenvalue weighted by molar-refractivity contribution is -0.148. The van der Waals surface area contributed by atoms with Crippen molar-refractivity contribution < 1.29 is 23.8 Å². The fraction of sp³-hybridized carbons (Fsp3) is 0.429. The third kappa shape index (κ3) is 4.75. The van der Waals surface area contributed by atoms with Crippen molar-refractivity contribution in [1.29, 1.82) is 0 Å². The van der Waals surface area contributed by atoms with Gasteiger partial charge in [-0.05, 0) is 32.3 Å². The molecular weight excluding hydrogens is 402 g/mol. The molecule has 0 amide bonds. The van der Waals surface area contributed by atoms with Gasteiger partial charge < -0.3 is 24.1 Å². The molecular formula is C21H25N5O5. The Labute approximate surface area is 179 Å². The minimum Gasteiger partial charge on any atom is -0.463 e. The standard InChI is InChI=1S/C21H25N5O5/c1-25(2)6-11-30-21(28)17-18(27)16(31-20(17)24-26-7-9-29-10-8-26)12-14-13-23-19-15(14)4-3-5-22-19/h3-5,12-13,17H,6-11H2,1-2H3,(H,22,23)/b16-12-,24-20?. The van der Waals surface area contributed by atoms with E-state index in [0.717, 1.165) is 10.9 Å². The van der Waals surface area contributed by atoms with Gasteiger partial charge in [-0.15, -0.1) is 5.10 Å². The maximum Gasteiger partial charge on any atom is 0.326 e. The van der Waals surface area contributed by atoms with Gasteiger partial charge in [-0.1, -0.05) is 0 Å². The Bertz CT molecular complexity index is 1020. The number of hydrogen-bond donors (Lipinski definition) is 1. The van der Waals surface area contributed by atoms with Gasteiger partial charge in [0, 0.05) is 29.9 Å². The number of pyridine rings is 1. The zero-order valence-corrected chi connectivity index (χ0v) is 17.5. The summed E-state index contributed by atoms with van der Waals surface area (Å²) in [5, 5.41) is 7.01. The van der Waals surface area contributed by atoms with Crippen molar-refractivity contribution in [3.8, 4) is 0 Å². The van der Waals surface area contributed by atoms with E-state index in [9.17, 15) is 9.59 Å². The molecule has 1 N–H and O–H groups in total. The average molecular weight is 427 g/mol. The van der Waals surface area contributed by atoms with Crippen LogP contribution in [0.25, 0.3) is 17.1 Å². The monoisotopic (exact) mass is 427 g/mol. The molecule has 2 aromatic rings. The van der Waals surface area contributed by atoms with E-state index in [1.54, 1.807) is 23.5 Å². The fourth-order valence-electron chi connectivity index (χ4n) is 3.31. The van der Waals surface area contributed by atoms with Crippen LogP contribution in [0, 0.1) is 5.92 Å². The molecule has 0 spiro atoms. The summed E-state index contributed by atoms with van der Waals surface area (Å²) in [7, 11) is 3.75. The molecule has 1 atom stereocenters. The van der Waals surface area contributed by atoms with E-state index in [2.05, 4.69) is 15.1 Å². The number of ether oxygens (including phenoxy) is 3. The van der Waals surface area contributed by atoms with Crippen LogP contribution < -0.4 is 0 Å². The number of nitrogens with zero attached hydrogens (tertiary/aromatic N) is 4. The highest BCUT2D eigenvalue weighted by Crippen LogP contribution is 2.28. The Hall–Kier alpha value is -3.24. The van der Waals surface area contributed by atoms with Crippen molar-refractivity contribution in [3.63, 3.8) is 0 Å². The molecule has 164 valence electrons. The van der Waals surface area contributed by atoms with Crippen LogP contribution in [0.2, 0.25) is 0 Å². The van der Waals surface area contributed by atoms with E-state index in [-0.39, 0.29) is 18.3 Å². The number of carbonyl (C=O) groups excluding carboxylic acids is 2. The van der Waals surface area contributed by atoms with E-state index in [1.165, 1.54) is 0 Å². The highest BCUT2D eigenvalue weighted by molar-refractivity contribution is 6.27. The SMILES string of the molecule is CN(C)CCOC(=O)C1C(=O)/C(=C/c2c[nH]c3ncccc23)OC1=NN1CCOCC1. The normalized spacial score (nSPS) is 22.0. The van der Waals surface area contributed by atoms with Crippen LogP contribution in [-0.2, 0) is 23.8 Å². The number of hydrogen-bond acceptors (Lipinski definition) is 9. The van der Waals surface area contributed by atoms with Crippen molar-refractivity contribution in [2.75, 3.05) is 53.6 Å². The van der Waals surface area contributed by atoms with Crippen molar-refractivity contribution in [2.24, 2.45) is 11.0 Å². The van der Waals surface area contributed by atoms with Crippen LogP contribution in [-0.4, -0.2) is 91.1 Å². The molecule has 10 heteroatoms. The molecule has 1 unspecified atom stereocenters.